The number of allylic oxidation sites excluding steroid dienone is 4. The Kier molecular flexibility index (Phi) is 6.37. The van der Waals surface area contributed by atoms with Gasteiger partial charge in [0.2, 0.25) is 5.91 Å². The first-order chi connectivity index (χ1) is 12.7. The average Bonchev–Trinajstić information content (AvgIpc) is 3.34. The first-order valence-electron chi connectivity index (χ1n) is 9.57. The van der Waals surface area contributed by atoms with E-state index in [1.165, 1.54) is 0 Å². The minimum absolute atomic E-state index is 0.105. The van der Waals surface area contributed by atoms with Crippen molar-refractivity contribution in [2.75, 3.05) is 19.5 Å². The Balaban J connectivity index is 1.68. The molecular formula is C22H29NO3. The van der Waals surface area contributed by atoms with Crippen molar-refractivity contribution in [1.29, 1.82) is 0 Å². The zero-order valence-electron chi connectivity index (χ0n) is 15.7. The second-order valence-electron chi connectivity index (χ2n) is 7.08. The van der Waals surface area contributed by atoms with E-state index in [-0.39, 0.29) is 11.8 Å². The molecule has 0 saturated heterocycles. The van der Waals surface area contributed by atoms with E-state index in [0.29, 0.717) is 29.0 Å². The predicted molar refractivity (Wildman–Crippen MR) is 105 cm³/mol. The number of methoxy groups -OCH3 is 2. The van der Waals surface area contributed by atoms with Crippen molar-refractivity contribution in [3.8, 4) is 11.5 Å². The summed E-state index contributed by atoms with van der Waals surface area (Å²) in [6.07, 6.45) is 15.6. The summed E-state index contributed by atoms with van der Waals surface area (Å²) in [5.41, 5.74) is 0.680. The van der Waals surface area contributed by atoms with Crippen LogP contribution in [-0.4, -0.2) is 20.1 Å². The standard InChI is InChI=1S/C22H29NO3/c1-25-16-13-14-20(26-2)19(15-16)23-22(24)21-17-11-9-7-5-3-4-6-8-10-12-18(17)21/h5-8,13-15,17-18,21H,3-4,9-12H2,1-2H3,(H,23,24)/b7-5-,8-6+/t17-,18-,21?/m0/s1. The van der Waals surface area contributed by atoms with E-state index in [1.807, 2.05) is 18.2 Å². The highest BCUT2D eigenvalue weighted by atomic mass is 16.5. The summed E-state index contributed by atoms with van der Waals surface area (Å²) in [5.74, 6) is 2.55. The summed E-state index contributed by atoms with van der Waals surface area (Å²) in [6.45, 7) is 0. The number of fused-ring (bicyclic) bond motifs is 1. The molecule has 0 heterocycles. The molecule has 0 bridgehead atoms. The molecule has 2 aliphatic carbocycles. The number of carbonyl (C=O) groups is 1. The Morgan fingerprint density at radius 2 is 1.54 bits per heavy atom. The second kappa shape index (κ2) is 8.93. The third kappa shape index (κ3) is 4.48. The van der Waals surface area contributed by atoms with Crippen LogP contribution in [0.2, 0.25) is 0 Å². The van der Waals surface area contributed by atoms with Crippen molar-refractivity contribution in [3.63, 3.8) is 0 Å². The minimum Gasteiger partial charge on any atom is -0.497 e. The smallest absolute Gasteiger partial charge is 0.228 e. The van der Waals surface area contributed by atoms with E-state index < -0.39 is 0 Å². The summed E-state index contributed by atoms with van der Waals surface area (Å²) < 4.78 is 10.6. The molecule has 0 radical (unpaired) electrons. The number of amides is 1. The molecule has 1 saturated carbocycles. The zero-order valence-corrected chi connectivity index (χ0v) is 15.7. The third-order valence-corrected chi connectivity index (χ3v) is 5.47. The summed E-state index contributed by atoms with van der Waals surface area (Å²) in [5, 5.41) is 3.07. The molecule has 2 aliphatic rings. The fraction of sp³-hybridized carbons (Fsp3) is 0.500. The quantitative estimate of drug-likeness (QED) is 0.776. The Bertz CT molecular complexity index is 656. The summed E-state index contributed by atoms with van der Waals surface area (Å²) in [6, 6.07) is 5.47. The van der Waals surface area contributed by atoms with Gasteiger partial charge in [0.25, 0.3) is 0 Å². The molecule has 4 nitrogen and oxygen atoms in total. The SMILES string of the molecule is COc1ccc(OC)c(NC(=O)C2[C@H]3CC/C=C\CC/C=C/CC[C@H]23)c1. The molecular weight excluding hydrogens is 326 g/mol. The maximum atomic E-state index is 12.9. The normalized spacial score (nSPS) is 27.8. The van der Waals surface area contributed by atoms with Gasteiger partial charge in [0.05, 0.1) is 19.9 Å². The molecule has 0 aliphatic heterocycles. The Hall–Kier alpha value is -2.23. The predicted octanol–water partition coefficient (Wildman–Crippen LogP) is 4.97. The van der Waals surface area contributed by atoms with Crippen LogP contribution in [0.1, 0.15) is 38.5 Å². The van der Waals surface area contributed by atoms with Crippen LogP contribution in [0.15, 0.2) is 42.5 Å². The van der Waals surface area contributed by atoms with Crippen molar-refractivity contribution in [2.45, 2.75) is 38.5 Å². The van der Waals surface area contributed by atoms with Gasteiger partial charge >= 0.3 is 0 Å². The molecule has 1 amide bonds. The molecule has 1 N–H and O–H groups in total. The number of hydrogen-bond acceptors (Lipinski definition) is 3. The maximum Gasteiger partial charge on any atom is 0.228 e. The van der Waals surface area contributed by atoms with Gasteiger partial charge in [-0.25, -0.2) is 0 Å². The molecule has 1 aromatic carbocycles. The lowest BCUT2D eigenvalue weighted by atomic mass is 10.1. The lowest BCUT2D eigenvalue weighted by molar-refractivity contribution is -0.117. The fourth-order valence-corrected chi connectivity index (χ4v) is 3.99. The zero-order chi connectivity index (χ0) is 18.4. The monoisotopic (exact) mass is 355 g/mol. The van der Waals surface area contributed by atoms with E-state index >= 15 is 0 Å². The highest BCUT2D eigenvalue weighted by Crippen LogP contribution is 2.53. The Morgan fingerprint density at radius 1 is 0.923 bits per heavy atom. The van der Waals surface area contributed by atoms with Gasteiger partial charge in [-0.15, -0.1) is 0 Å². The molecule has 3 rings (SSSR count). The van der Waals surface area contributed by atoms with Gasteiger partial charge in [-0.3, -0.25) is 4.79 Å². The van der Waals surface area contributed by atoms with Crippen LogP contribution in [0.25, 0.3) is 0 Å². The molecule has 1 unspecified atom stereocenters. The van der Waals surface area contributed by atoms with Gasteiger partial charge in [-0.1, -0.05) is 24.3 Å². The Morgan fingerprint density at radius 3 is 2.12 bits per heavy atom. The van der Waals surface area contributed by atoms with Crippen molar-refractivity contribution in [1.82, 2.24) is 0 Å². The van der Waals surface area contributed by atoms with Crippen molar-refractivity contribution < 1.29 is 14.3 Å². The average molecular weight is 355 g/mol. The van der Waals surface area contributed by atoms with Crippen molar-refractivity contribution in [2.24, 2.45) is 17.8 Å². The molecule has 140 valence electrons. The lowest BCUT2D eigenvalue weighted by Gasteiger charge is -2.12. The summed E-state index contributed by atoms with van der Waals surface area (Å²) in [7, 11) is 3.23. The number of hydrogen-bond donors (Lipinski definition) is 1. The molecule has 4 heteroatoms. The van der Waals surface area contributed by atoms with Gasteiger partial charge in [0.1, 0.15) is 11.5 Å². The minimum atomic E-state index is 0.105. The van der Waals surface area contributed by atoms with Crippen molar-refractivity contribution >= 4 is 11.6 Å². The third-order valence-electron chi connectivity index (χ3n) is 5.47. The largest absolute Gasteiger partial charge is 0.497 e. The Labute approximate surface area is 156 Å². The molecule has 1 fully saturated rings. The van der Waals surface area contributed by atoms with Crippen LogP contribution in [0.4, 0.5) is 5.69 Å². The van der Waals surface area contributed by atoms with Gasteiger partial charge < -0.3 is 14.8 Å². The van der Waals surface area contributed by atoms with Gasteiger partial charge in [-0.2, -0.15) is 0 Å². The molecule has 0 spiro atoms. The number of benzene rings is 1. The van der Waals surface area contributed by atoms with E-state index in [2.05, 4.69) is 29.6 Å². The fourth-order valence-electron chi connectivity index (χ4n) is 3.99. The topological polar surface area (TPSA) is 47.6 Å². The lowest BCUT2D eigenvalue weighted by Crippen LogP contribution is -2.16. The highest BCUT2D eigenvalue weighted by Gasteiger charge is 2.52. The van der Waals surface area contributed by atoms with E-state index in [9.17, 15) is 4.79 Å². The van der Waals surface area contributed by atoms with E-state index in [4.69, 9.17) is 9.47 Å². The summed E-state index contributed by atoms with van der Waals surface area (Å²) >= 11 is 0. The first kappa shape index (κ1) is 18.6. The van der Waals surface area contributed by atoms with Crippen LogP contribution >= 0.6 is 0 Å². The first-order valence-corrected chi connectivity index (χ1v) is 9.57. The number of ether oxygens (including phenoxy) is 2. The van der Waals surface area contributed by atoms with E-state index in [0.717, 1.165) is 38.5 Å². The van der Waals surface area contributed by atoms with Crippen LogP contribution in [0.5, 0.6) is 11.5 Å². The van der Waals surface area contributed by atoms with Crippen LogP contribution in [0.3, 0.4) is 0 Å². The van der Waals surface area contributed by atoms with Crippen LogP contribution < -0.4 is 14.8 Å². The molecule has 3 atom stereocenters. The van der Waals surface area contributed by atoms with E-state index in [1.54, 1.807) is 14.2 Å². The second-order valence-corrected chi connectivity index (χ2v) is 7.08. The molecule has 0 aromatic heterocycles. The number of rotatable bonds is 4. The molecule has 1 aromatic rings. The van der Waals surface area contributed by atoms with Crippen LogP contribution in [-0.2, 0) is 4.79 Å². The highest BCUT2D eigenvalue weighted by molar-refractivity contribution is 5.96. The number of anilines is 1. The maximum absolute atomic E-state index is 12.9. The summed E-state index contributed by atoms with van der Waals surface area (Å²) in [4.78, 5) is 12.9. The number of carbonyl (C=O) groups excluding carboxylic acids is 1. The number of nitrogens with one attached hydrogen (secondary N) is 1. The molecule has 26 heavy (non-hydrogen) atoms. The van der Waals surface area contributed by atoms with Gasteiger partial charge in [0, 0.05) is 12.0 Å². The van der Waals surface area contributed by atoms with Crippen LogP contribution in [0, 0.1) is 17.8 Å². The van der Waals surface area contributed by atoms with Gasteiger partial charge in [0.15, 0.2) is 0 Å². The van der Waals surface area contributed by atoms with Crippen molar-refractivity contribution in [3.05, 3.63) is 42.5 Å². The van der Waals surface area contributed by atoms with Gasteiger partial charge in [-0.05, 0) is 62.5 Å².